The average Bonchev–Trinajstić information content (AvgIpc) is 2.50. The lowest BCUT2D eigenvalue weighted by atomic mass is 8.94. The maximum Gasteiger partial charge on any atom is 0.405 e. The zero-order valence-electron chi connectivity index (χ0n) is 11.3. The van der Waals surface area contributed by atoms with E-state index in [0.29, 0.717) is 23.2 Å². The first-order valence-corrected chi connectivity index (χ1v) is 7.71. The molecule has 0 atom stereocenters. The van der Waals surface area contributed by atoms with Crippen molar-refractivity contribution in [2.24, 2.45) is 40.9 Å². The molecule has 4 heteroatoms. The van der Waals surface area contributed by atoms with Crippen LogP contribution in [0.1, 0.15) is 15.9 Å². The van der Waals surface area contributed by atoms with E-state index in [9.17, 15) is 9.59 Å². The van der Waals surface area contributed by atoms with Gasteiger partial charge in [0.1, 0.15) is 6.29 Å². The molecule has 4 nitrogen and oxygen atoms in total. The number of nitrogens with one attached hydrogen (secondary N) is 1. The lowest BCUT2D eigenvalue weighted by molar-refractivity contribution is -0.624. The second kappa shape index (κ2) is 2.74. The highest BCUT2D eigenvalue weighted by atomic mass is 16.4. The Bertz CT molecular complexity index is 669. The Labute approximate surface area is 121 Å². The van der Waals surface area contributed by atoms with Crippen molar-refractivity contribution >= 4 is 12.4 Å². The van der Waals surface area contributed by atoms with Crippen LogP contribution in [0.3, 0.4) is 0 Å². The summed E-state index contributed by atoms with van der Waals surface area (Å²) < 4.78 is 0. The Morgan fingerprint density at radius 1 is 1.10 bits per heavy atom. The van der Waals surface area contributed by atoms with Crippen LogP contribution in [-0.4, -0.2) is 23.0 Å². The molecule has 1 amide bonds. The van der Waals surface area contributed by atoms with Gasteiger partial charge in [0.15, 0.2) is 0 Å². The summed E-state index contributed by atoms with van der Waals surface area (Å²) in [5.74, 6) is 4.24. The summed E-state index contributed by atoms with van der Waals surface area (Å²) in [6, 6.07) is 7.96. The summed E-state index contributed by atoms with van der Waals surface area (Å²) in [4.78, 5) is 21.7. The number of rotatable bonds is 4. The Morgan fingerprint density at radius 3 is 2.14 bits per heavy atom. The molecule has 0 saturated heterocycles. The van der Waals surface area contributed by atoms with Gasteiger partial charge in [0.25, 0.3) is 0 Å². The SMILES string of the molecule is O=Cc1ccc(CC23C4C5C2C2C3C4C52NC(=O)O)cc1. The molecule has 6 aliphatic carbocycles. The standard InChI is InChI=1S/C17H15NO3/c19-6-8-3-1-7(2-4-8)5-16-9-12-10(16)14-11(16)13(9)17(12,14)18-15(20)21/h1-4,6,9-14,18H,5H2,(H,20,21). The molecule has 0 spiro atoms. The van der Waals surface area contributed by atoms with Gasteiger partial charge in [-0.25, -0.2) is 4.79 Å². The summed E-state index contributed by atoms with van der Waals surface area (Å²) >= 11 is 0. The minimum Gasteiger partial charge on any atom is -0.465 e. The number of aldehydes is 1. The summed E-state index contributed by atoms with van der Waals surface area (Å²) in [6.07, 6.45) is 1.16. The van der Waals surface area contributed by atoms with Gasteiger partial charge in [0, 0.05) is 5.56 Å². The predicted octanol–water partition coefficient (Wildman–Crippen LogP) is 1.80. The first-order chi connectivity index (χ1) is 10.2. The highest BCUT2D eigenvalue weighted by Crippen LogP contribution is 3.07. The summed E-state index contributed by atoms with van der Waals surface area (Å²) in [7, 11) is 0. The van der Waals surface area contributed by atoms with E-state index >= 15 is 0 Å². The molecule has 6 saturated carbocycles. The molecule has 21 heavy (non-hydrogen) atoms. The third-order valence-corrected chi connectivity index (χ3v) is 7.79. The van der Waals surface area contributed by atoms with Gasteiger partial charge in [-0.15, -0.1) is 0 Å². The molecule has 6 aliphatic rings. The predicted molar refractivity (Wildman–Crippen MR) is 72.8 cm³/mol. The molecule has 0 unspecified atom stereocenters. The molecular formula is C17H15NO3. The quantitative estimate of drug-likeness (QED) is 0.827. The third-order valence-electron chi connectivity index (χ3n) is 7.79. The second-order valence-corrected chi connectivity index (χ2v) is 7.67. The van der Waals surface area contributed by atoms with E-state index in [4.69, 9.17) is 5.11 Å². The number of carbonyl (C=O) groups excluding carboxylic acids is 1. The molecule has 6 fully saturated rings. The molecule has 0 bridgehead atoms. The first-order valence-electron chi connectivity index (χ1n) is 7.71. The van der Waals surface area contributed by atoms with Crippen LogP contribution in [0.4, 0.5) is 4.79 Å². The highest BCUT2D eigenvalue weighted by molar-refractivity contribution is 5.75. The van der Waals surface area contributed by atoms with Gasteiger partial charge in [-0.2, -0.15) is 0 Å². The smallest absolute Gasteiger partial charge is 0.405 e. The molecule has 2 N–H and O–H groups in total. The van der Waals surface area contributed by atoms with E-state index in [1.807, 2.05) is 12.1 Å². The fourth-order valence-corrected chi connectivity index (χ4v) is 7.61. The number of carbonyl (C=O) groups is 2. The second-order valence-electron chi connectivity index (χ2n) is 7.67. The molecule has 0 radical (unpaired) electrons. The van der Waals surface area contributed by atoms with Gasteiger partial charge in [-0.1, -0.05) is 24.3 Å². The van der Waals surface area contributed by atoms with Crippen LogP contribution >= 0.6 is 0 Å². The zero-order valence-corrected chi connectivity index (χ0v) is 11.3. The van der Waals surface area contributed by atoms with Crippen LogP contribution in [-0.2, 0) is 6.42 Å². The monoisotopic (exact) mass is 281 g/mol. The van der Waals surface area contributed by atoms with Gasteiger partial charge >= 0.3 is 6.09 Å². The van der Waals surface area contributed by atoms with Crippen molar-refractivity contribution in [3.05, 3.63) is 35.4 Å². The fourth-order valence-electron chi connectivity index (χ4n) is 7.61. The van der Waals surface area contributed by atoms with E-state index in [1.165, 1.54) is 5.56 Å². The molecule has 1 aromatic rings. The Balaban J connectivity index is 1.25. The normalized spacial score (nSPS) is 54.9. The van der Waals surface area contributed by atoms with Crippen LogP contribution in [0.2, 0.25) is 0 Å². The topological polar surface area (TPSA) is 66.4 Å². The Kier molecular flexibility index (Phi) is 1.41. The van der Waals surface area contributed by atoms with Crippen molar-refractivity contribution in [3.8, 4) is 0 Å². The van der Waals surface area contributed by atoms with E-state index in [2.05, 4.69) is 17.4 Å². The molecule has 7 rings (SSSR count). The van der Waals surface area contributed by atoms with Crippen molar-refractivity contribution in [2.45, 2.75) is 12.0 Å². The van der Waals surface area contributed by atoms with Crippen molar-refractivity contribution in [1.82, 2.24) is 5.32 Å². The Morgan fingerprint density at radius 2 is 1.67 bits per heavy atom. The molecule has 0 aromatic heterocycles. The van der Waals surface area contributed by atoms with Crippen LogP contribution < -0.4 is 5.32 Å². The number of carboxylic acid groups (broad SMARTS) is 1. The van der Waals surface area contributed by atoms with Gasteiger partial charge in [0.05, 0.1) is 5.54 Å². The van der Waals surface area contributed by atoms with Gasteiger partial charge in [-0.05, 0) is 52.9 Å². The first kappa shape index (κ1) is 10.8. The van der Waals surface area contributed by atoms with E-state index in [1.54, 1.807) is 0 Å². The maximum atomic E-state index is 11.0. The largest absolute Gasteiger partial charge is 0.465 e. The molecule has 0 heterocycles. The van der Waals surface area contributed by atoms with Crippen molar-refractivity contribution in [3.63, 3.8) is 0 Å². The van der Waals surface area contributed by atoms with E-state index < -0.39 is 6.09 Å². The summed E-state index contributed by atoms with van der Waals surface area (Å²) in [5, 5.41) is 11.9. The lowest BCUT2D eigenvalue weighted by Gasteiger charge is -3.11. The van der Waals surface area contributed by atoms with Crippen molar-refractivity contribution < 1.29 is 14.7 Å². The van der Waals surface area contributed by atoms with E-state index in [-0.39, 0.29) is 5.54 Å². The number of amides is 1. The van der Waals surface area contributed by atoms with Crippen LogP contribution in [0, 0.1) is 40.9 Å². The highest BCUT2D eigenvalue weighted by Gasteiger charge is 3.09. The van der Waals surface area contributed by atoms with Crippen LogP contribution in [0.5, 0.6) is 0 Å². The number of hydrogen-bond acceptors (Lipinski definition) is 2. The Hall–Kier alpha value is -1.84. The molecule has 1 aromatic carbocycles. The maximum absolute atomic E-state index is 11.0. The molecular weight excluding hydrogens is 266 g/mol. The molecule has 0 aliphatic heterocycles. The zero-order chi connectivity index (χ0) is 14.1. The number of benzene rings is 1. The minimum atomic E-state index is -0.843. The van der Waals surface area contributed by atoms with Gasteiger partial charge < -0.3 is 10.4 Å². The lowest BCUT2D eigenvalue weighted by Crippen LogP contribution is -3.15. The molecule has 106 valence electrons. The van der Waals surface area contributed by atoms with Gasteiger partial charge in [0.2, 0.25) is 0 Å². The summed E-state index contributed by atoms with van der Waals surface area (Å²) in [5.41, 5.74) is 2.58. The minimum absolute atomic E-state index is 0.00889. The van der Waals surface area contributed by atoms with Crippen molar-refractivity contribution in [1.29, 1.82) is 0 Å². The average molecular weight is 281 g/mol. The third kappa shape index (κ3) is 0.738. The van der Waals surface area contributed by atoms with Crippen LogP contribution in [0.15, 0.2) is 24.3 Å². The summed E-state index contributed by atoms with van der Waals surface area (Å²) in [6.45, 7) is 0. The van der Waals surface area contributed by atoms with Gasteiger partial charge in [-0.3, -0.25) is 4.79 Å². The fraction of sp³-hybridized carbons (Fsp3) is 0.529. The number of hydrogen-bond donors (Lipinski definition) is 2. The van der Waals surface area contributed by atoms with Crippen LogP contribution in [0.25, 0.3) is 0 Å². The van der Waals surface area contributed by atoms with Crippen molar-refractivity contribution in [2.75, 3.05) is 0 Å². The van der Waals surface area contributed by atoms with E-state index in [0.717, 1.165) is 36.0 Å².